The average Bonchev–Trinajstić information content (AvgIpc) is 3.57. The van der Waals surface area contributed by atoms with Crippen LogP contribution in [-0.4, -0.2) is 77.4 Å². The Morgan fingerprint density at radius 3 is 2.62 bits per heavy atom. The minimum absolute atomic E-state index is 0.00538. The predicted octanol–water partition coefficient (Wildman–Crippen LogP) is 5.33. The number of ether oxygens (including phenoxy) is 2. The van der Waals surface area contributed by atoms with E-state index in [1.807, 2.05) is 13.8 Å². The molecular formula is C32H36F2N6O2. The van der Waals surface area contributed by atoms with E-state index in [0.29, 0.717) is 53.8 Å². The first kappa shape index (κ1) is 27.2. The fraction of sp³-hybridized carbons (Fsp3) is 0.469. The Kier molecular flexibility index (Phi) is 7.06. The minimum atomic E-state index is -0.595. The van der Waals surface area contributed by atoms with Crippen LogP contribution >= 0.6 is 0 Å². The van der Waals surface area contributed by atoms with E-state index in [4.69, 9.17) is 14.5 Å². The van der Waals surface area contributed by atoms with Crippen LogP contribution in [0.15, 0.2) is 36.4 Å². The third kappa shape index (κ3) is 4.34. The maximum Gasteiger partial charge on any atom is 0.319 e. The number of pyridine rings is 1. The molecule has 4 aliphatic heterocycles. The highest BCUT2D eigenvalue weighted by Crippen LogP contribution is 2.43. The zero-order chi connectivity index (χ0) is 28.8. The zero-order valence-electron chi connectivity index (χ0n) is 24.1. The van der Waals surface area contributed by atoms with Crippen LogP contribution in [0.4, 0.5) is 14.6 Å². The molecule has 3 saturated heterocycles. The van der Waals surface area contributed by atoms with Gasteiger partial charge in [0.2, 0.25) is 5.88 Å². The van der Waals surface area contributed by atoms with Gasteiger partial charge in [0, 0.05) is 30.6 Å². The van der Waals surface area contributed by atoms with Crippen molar-refractivity contribution in [1.82, 2.24) is 25.2 Å². The molecule has 0 radical (unpaired) electrons. The summed E-state index contributed by atoms with van der Waals surface area (Å²) in [5.41, 5.74) is 0.671. The Morgan fingerprint density at radius 1 is 1.00 bits per heavy atom. The second-order valence-electron chi connectivity index (χ2n) is 11.3. The number of anilines is 1. The van der Waals surface area contributed by atoms with Gasteiger partial charge in [-0.15, -0.1) is 0 Å². The maximum absolute atomic E-state index is 16.6. The lowest BCUT2D eigenvalue weighted by Crippen LogP contribution is -2.53. The molecule has 2 aromatic heterocycles. The first-order chi connectivity index (χ1) is 20.6. The van der Waals surface area contributed by atoms with Crippen LogP contribution in [-0.2, 0) is 0 Å². The standard InChI is InChI=1S/C30H30F2N6O2.C2H6/c31-22-8-2-5-19-20(22)6-1-7-21(19)25-24(32)26-23-27(38-14-11-33-15-18(38)16-39-28(23)34-25)36-29(35-26)40-17-30-9-3-12-37(30)13-4-10-30;1-2/h1-2,5-8,18,33H,3-4,9-17H2;1-2H3/t18-;/m0./s1. The fourth-order valence-electron chi connectivity index (χ4n) is 7.16. The summed E-state index contributed by atoms with van der Waals surface area (Å²) < 4.78 is 43.8. The molecule has 0 aliphatic carbocycles. The lowest BCUT2D eigenvalue weighted by atomic mass is 9.95. The van der Waals surface area contributed by atoms with E-state index < -0.39 is 5.82 Å². The van der Waals surface area contributed by atoms with Crippen molar-refractivity contribution in [2.45, 2.75) is 51.1 Å². The molecule has 4 aromatic rings. The van der Waals surface area contributed by atoms with Crippen molar-refractivity contribution in [3.63, 3.8) is 0 Å². The largest absolute Gasteiger partial charge is 0.475 e. The fourth-order valence-corrected chi connectivity index (χ4v) is 7.16. The number of nitrogens with zero attached hydrogens (tertiary/aromatic N) is 5. The quantitative estimate of drug-likeness (QED) is 0.351. The van der Waals surface area contributed by atoms with E-state index in [1.165, 1.54) is 6.07 Å². The van der Waals surface area contributed by atoms with Gasteiger partial charge in [-0.25, -0.2) is 13.8 Å². The molecular weight excluding hydrogens is 538 g/mol. The molecule has 8 nitrogen and oxygen atoms in total. The van der Waals surface area contributed by atoms with Gasteiger partial charge in [-0.1, -0.05) is 44.2 Å². The number of hydrogen-bond donors (Lipinski definition) is 1. The van der Waals surface area contributed by atoms with Crippen LogP contribution in [0, 0.1) is 11.6 Å². The third-order valence-corrected chi connectivity index (χ3v) is 9.15. The molecule has 3 fully saturated rings. The Bertz CT molecular complexity index is 1640. The summed E-state index contributed by atoms with van der Waals surface area (Å²) in [5, 5.41) is 4.84. The third-order valence-electron chi connectivity index (χ3n) is 9.15. The second-order valence-corrected chi connectivity index (χ2v) is 11.3. The molecule has 1 atom stereocenters. The molecule has 0 spiro atoms. The number of hydrogen-bond acceptors (Lipinski definition) is 8. The van der Waals surface area contributed by atoms with Gasteiger partial charge in [0.15, 0.2) is 5.82 Å². The molecule has 1 N–H and O–H groups in total. The Hall–Kier alpha value is -3.63. The van der Waals surface area contributed by atoms with Crippen LogP contribution in [0.1, 0.15) is 39.5 Å². The molecule has 0 amide bonds. The lowest BCUT2D eigenvalue weighted by molar-refractivity contribution is 0.108. The summed E-state index contributed by atoms with van der Waals surface area (Å²) >= 11 is 0. The summed E-state index contributed by atoms with van der Waals surface area (Å²) in [5.74, 6) is -0.0882. The highest BCUT2D eigenvalue weighted by molar-refractivity contribution is 6.01. The molecule has 42 heavy (non-hydrogen) atoms. The van der Waals surface area contributed by atoms with E-state index in [1.54, 1.807) is 30.3 Å². The molecule has 0 bridgehead atoms. The van der Waals surface area contributed by atoms with Gasteiger partial charge in [-0.2, -0.15) is 9.97 Å². The summed E-state index contributed by atoms with van der Waals surface area (Å²) in [7, 11) is 0. The van der Waals surface area contributed by atoms with Crippen LogP contribution in [0.2, 0.25) is 0 Å². The molecule has 8 rings (SSSR count). The van der Waals surface area contributed by atoms with Gasteiger partial charge in [-0.3, -0.25) is 4.90 Å². The van der Waals surface area contributed by atoms with Gasteiger partial charge < -0.3 is 19.7 Å². The van der Waals surface area contributed by atoms with Crippen molar-refractivity contribution in [2.75, 3.05) is 50.8 Å². The first-order valence-electron chi connectivity index (χ1n) is 15.2. The van der Waals surface area contributed by atoms with Crippen LogP contribution in [0.5, 0.6) is 11.9 Å². The topological polar surface area (TPSA) is 75.6 Å². The minimum Gasteiger partial charge on any atom is -0.475 e. The highest BCUT2D eigenvalue weighted by Gasteiger charge is 2.45. The molecule has 220 valence electrons. The molecule has 0 saturated carbocycles. The smallest absolute Gasteiger partial charge is 0.319 e. The van der Waals surface area contributed by atoms with Crippen LogP contribution < -0.4 is 19.7 Å². The number of nitrogens with one attached hydrogen (secondary N) is 1. The van der Waals surface area contributed by atoms with Crippen molar-refractivity contribution in [2.24, 2.45) is 0 Å². The van der Waals surface area contributed by atoms with Crippen molar-refractivity contribution < 1.29 is 18.3 Å². The SMILES string of the molecule is CC.Fc1cccc2c(-c3nc4c5c(nc(OCC67CCCN6CCC7)nc5c3F)N3CCNC[C@H]3CO4)cccc12. The predicted molar refractivity (Wildman–Crippen MR) is 159 cm³/mol. The molecule has 10 heteroatoms. The number of halogens is 2. The maximum atomic E-state index is 16.6. The highest BCUT2D eigenvalue weighted by atomic mass is 19.1. The van der Waals surface area contributed by atoms with Crippen molar-refractivity contribution in [3.05, 3.63) is 48.0 Å². The molecule has 4 aliphatic rings. The number of benzene rings is 2. The monoisotopic (exact) mass is 574 g/mol. The van der Waals surface area contributed by atoms with Gasteiger partial charge in [-0.05, 0) is 50.2 Å². The molecule has 6 heterocycles. The number of rotatable bonds is 4. The van der Waals surface area contributed by atoms with Gasteiger partial charge >= 0.3 is 6.01 Å². The lowest BCUT2D eigenvalue weighted by Gasteiger charge is -2.35. The number of piperazine rings is 1. The van der Waals surface area contributed by atoms with E-state index in [2.05, 4.69) is 25.1 Å². The summed E-state index contributed by atoms with van der Waals surface area (Å²) in [6.45, 7) is 9.22. The Labute approximate surface area is 244 Å². The number of aromatic nitrogens is 3. The average molecular weight is 575 g/mol. The zero-order valence-corrected chi connectivity index (χ0v) is 24.1. The Balaban J connectivity index is 0.00000141. The van der Waals surface area contributed by atoms with E-state index in [9.17, 15) is 4.39 Å². The normalized spacial score (nSPS) is 20.9. The van der Waals surface area contributed by atoms with Gasteiger partial charge in [0.1, 0.15) is 41.4 Å². The second kappa shape index (κ2) is 10.9. The number of fused-ring (bicyclic) bond motifs is 4. The summed E-state index contributed by atoms with van der Waals surface area (Å²) in [6.07, 6.45) is 4.49. The van der Waals surface area contributed by atoms with Gasteiger partial charge in [0.25, 0.3) is 0 Å². The first-order valence-corrected chi connectivity index (χ1v) is 15.2. The molecule has 0 unspecified atom stereocenters. The van der Waals surface area contributed by atoms with Crippen molar-refractivity contribution >= 4 is 27.5 Å². The van der Waals surface area contributed by atoms with Crippen LogP contribution in [0.25, 0.3) is 32.9 Å². The van der Waals surface area contributed by atoms with E-state index in [0.717, 1.165) is 45.3 Å². The van der Waals surface area contributed by atoms with E-state index in [-0.39, 0.29) is 40.5 Å². The molecule has 2 aromatic carbocycles. The van der Waals surface area contributed by atoms with E-state index >= 15 is 4.39 Å². The summed E-state index contributed by atoms with van der Waals surface area (Å²) in [6, 6.07) is 10.1. The van der Waals surface area contributed by atoms with Gasteiger partial charge in [0.05, 0.1) is 11.6 Å². The van der Waals surface area contributed by atoms with Crippen molar-refractivity contribution in [3.8, 4) is 23.1 Å². The van der Waals surface area contributed by atoms with Crippen LogP contribution in [0.3, 0.4) is 0 Å². The van der Waals surface area contributed by atoms with Crippen molar-refractivity contribution in [1.29, 1.82) is 0 Å². The summed E-state index contributed by atoms with van der Waals surface area (Å²) in [4.78, 5) is 18.9. The Morgan fingerprint density at radius 2 is 1.79 bits per heavy atom.